The van der Waals surface area contributed by atoms with Crippen molar-refractivity contribution in [3.63, 3.8) is 0 Å². The lowest BCUT2D eigenvalue weighted by atomic mass is 10.1. The quantitative estimate of drug-likeness (QED) is 0.365. The van der Waals surface area contributed by atoms with Gasteiger partial charge < -0.3 is 15.0 Å². The van der Waals surface area contributed by atoms with Crippen LogP contribution in [0.3, 0.4) is 0 Å². The van der Waals surface area contributed by atoms with Crippen molar-refractivity contribution in [1.82, 2.24) is 10.2 Å². The second kappa shape index (κ2) is 13.1. The summed E-state index contributed by atoms with van der Waals surface area (Å²) in [5, 5.41) is 2.88. The van der Waals surface area contributed by atoms with Crippen LogP contribution in [0, 0.1) is 0 Å². The van der Waals surface area contributed by atoms with Crippen LogP contribution < -0.4 is 14.4 Å². The van der Waals surface area contributed by atoms with E-state index >= 15 is 0 Å². The Hall–Kier alpha value is -3.85. The van der Waals surface area contributed by atoms with E-state index in [9.17, 15) is 18.0 Å². The summed E-state index contributed by atoms with van der Waals surface area (Å²) in [5.41, 5.74) is 1.16. The normalized spacial score (nSPS) is 12.0. The number of nitrogens with zero attached hydrogens (tertiary/aromatic N) is 2. The van der Waals surface area contributed by atoms with Gasteiger partial charge in [-0.05, 0) is 62.2 Å². The van der Waals surface area contributed by atoms with Gasteiger partial charge in [0.15, 0.2) is 0 Å². The molecule has 1 N–H and O–H groups in total. The van der Waals surface area contributed by atoms with Gasteiger partial charge in [-0.25, -0.2) is 8.42 Å². The molecule has 0 aliphatic carbocycles. The summed E-state index contributed by atoms with van der Waals surface area (Å²) in [5.74, 6) is 0.425. The number of para-hydroxylation sites is 1. The molecule has 202 valence electrons. The number of ether oxygens (including phenoxy) is 1. The fourth-order valence-electron chi connectivity index (χ4n) is 4.00. The predicted molar refractivity (Wildman–Crippen MR) is 149 cm³/mol. The first-order valence-electron chi connectivity index (χ1n) is 12.5. The number of sulfonamides is 1. The van der Waals surface area contributed by atoms with Crippen molar-refractivity contribution in [2.45, 2.75) is 45.8 Å². The zero-order chi connectivity index (χ0) is 27.7. The fraction of sp³-hybridized carbons (Fsp3) is 0.310. The maximum absolute atomic E-state index is 13.7. The predicted octanol–water partition coefficient (Wildman–Crippen LogP) is 4.58. The number of carbonyl (C=O) groups excluding carboxylic acids is 2. The van der Waals surface area contributed by atoms with Crippen LogP contribution in [-0.4, -0.2) is 50.0 Å². The summed E-state index contributed by atoms with van der Waals surface area (Å²) >= 11 is 0. The molecule has 3 aromatic rings. The van der Waals surface area contributed by atoms with Gasteiger partial charge >= 0.3 is 0 Å². The van der Waals surface area contributed by atoms with Crippen LogP contribution in [0.25, 0.3) is 0 Å². The first-order chi connectivity index (χ1) is 18.1. The molecule has 0 saturated heterocycles. The minimum absolute atomic E-state index is 0.102. The third kappa shape index (κ3) is 8.08. The van der Waals surface area contributed by atoms with Gasteiger partial charge in [0.25, 0.3) is 0 Å². The number of anilines is 1. The largest absolute Gasteiger partial charge is 0.457 e. The molecule has 2 amide bonds. The van der Waals surface area contributed by atoms with Gasteiger partial charge in [0.2, 0.25) is 21.8 Å². The van der Waals surface area contributed by atoms with Crippen molar-refractivity contribution in [1.29, 1.82) is 0 Å². The van der Waals surface area contributed by atoms with Crippen molar-refractivity contribution < 1.29 is 22.7 Å². The molecule has 0 bridgehead atoms. The minimum Gasteiger partial charge on any atom is -0.457 e. The number of carbonyl (C=O) groups is 2. The van der Waals surface area contributed by atoms with Crippen molar-refractivity contribution in [3.05, 3.63) is 90.5 Å². The molecule has 3 aromatic carbocycles. The van der Waals surface area contributed by atoms with Crippen LogP contribution >= 0.6 is 0 Å². The molecule has 0 fully saturated rings. The van der Waals surface area contributed by atoms with E-state index in [1.54, 1.807) is 24.3 Å². The SMILES string of the molecule is CCC(C(=O)NC(C)C)N(Cc1ccccc1)C(=O)CN(c1ccc(Oc2ccccc2)cc1)S(C)(=O)=O. The zero-order valence-corrected chi connectivity index (χ0v) is 23.0. The highest BCUT2D eigenvalue weighted by molar-refractivity contribution is 7.92. The summed E-state index contributed by atoms with van der Waals surface area (Å²) in [6, 6.07) is 24.2. The maximum atomic E-state index is 13.7. The maximum Gasteiger partial charge on any atom is 0.244 e. The Bertz CT molecular complexity index is 1300. The van der Waals surface area contributed by atoms with Gasteiger partial charge in [-0.2, -0.15) is 0 Å². The van der Waals surface area contributed by atoms with Crippen LogP contribution in [-0.2, 0) is 26.2 Å². The highest BCUT2D eigenvalue weighted by Crippen LogP contribution is 2.26. The fourth-order valence-corrected chi connectivity index (χ4v) is 4.85. The molecule has 1 atom stereocenters. The second-order valence-corrected chi connectivity index (χ2v) is 11.2. The van der Waals surface area contributed by atoms with Gasteiger partial charge in [-0.3, -0.25) is 13.9 Å². The van der Waals surface area contributed by atoms with Gasteiger partial charge in [0.05, 0.1) is 11.9 Å². The van der Waals surface area contributed by atoms with Crippen molar-refractivity contribution in [3.8, 4) is 11.5 Å². The Kier molecular flexibility index (Phi) is 9.90. The third-order valence-electron chi connectivity index (χ3n) is 5.80. The smallest absolute Gasteiger partial charge is 0.244 e. The molecule has 0 saturated carbocycles. The molecule has 0 spiro atoms. The van der Waals surface area contributed by atoms with E-state index in [0.29, 0.717) is 23.6 Å². The minimum atomic E-state index is -3.82. The first kappa shape index (κ1) is 28.7. The highest BCUT2D eigenvalue weighted by atomic mass is 32.2. The Morgan fingerprint density at radius 3 is 1.95 bits per heavy atom. The molecule has 0 aliphatic heterocycles. The molecule has 0 aromatic heterocycles. The Balaban J connectivity index is 1.88. The third-order valence-corrected chi connectivity index (χ3v) is 6.94. The Morgan fingerprint density at radius 1 is 0.868 bits per heavy atom. The lowest BCUT2D eigenvalue weighted by Gasteiger charge is -2.33. The number of rotatable bonds is 12. The Morgan fingerprint density at radius 2 is 1.42 bits per heavy atom. The van der Waals surface area contributed by atoms with Crippen LogP contribution in [0.2, 0.25) is 0 Å². The number of amides is 2. The van der Waals surface area contributed by atoms with Crippen LogP contribution in [0.5, 0.6) is 11.5 Å². The van der Waals surface area contributed by atoms with E-state index in [-0.39, 0.29) is 18.5 Å². The van der Waals surface area contributed by atoms with E-state index in [2.05, 4.69) is 5.32 Å². The van der Waals surface area contributed by atoms with Crippen LogP contribution in [0.4, 0.5) is 5.69 Å². The molecule has 1 unspecified atom stereocenters. The average Bonchev–Trinajstić information content (AvgIpc) is 2.88. The monoisotopic (exact) mass is 537 g/mol. The van der Waals surface area contributed by atoms with Gasteiger partial charge in [-0.1, -0.05) is 55.5 Å². The molecular weight excluding hydrogens is 502 g/mol. The number of nitrogens with one attached hydrogen (secondary N) is 1. The van der Waals surface area contributed by atoms with E-state index in [0.717, 1.165) is 16.1 Å². The van der Waals surface area contributed by atoms with E-state index in [4.69, 9.17) is 4.74 Å². The van der Waals surface area contributed by atoms with Gasteiger partial charge in [0, 0.05) is 12.6 Å². The second-order valence-electron chi connectivity index (χ2n) is 9.27. The van der Waals surface area contributed by atoms with Crippen LogP contribution in [0.15, 0.2) is 84.9 Å². The van der Waals surface area contributed by atoms with Gasteiger partial charge in [0.1, 0.15) is 24.1 Å². The molecule has 8 nitrogen and oxygen atoms in total. The molecule has 3 rings (SSSR count). The molecule has 38 heavy (non-hydrogen) atoms. The summed E-state index contributed by atoms with van der Waals surface area (Å²) in [6.07, 6.45) is 1.43. The highest BCUT2D eigenvalue weighted by Gasteiger charge is 2.32. The van der Waals surface area contributed by atoms with E-state index < -0.39 is 28.5 Å². The zero-order valence-electron chi connectivity index (χ0n) is 22.2. The summed E-state index contributed by atoms with van der Waals surface area (Å²) in [6.45, 7) is 5.26. The Labute approximate surface area is 225 Å². The van der Waals surface area contributed by atoms with Gasteiger partial charge in [-0.15, -0.1) is 0 Å². The molecule has 0 radical (unpaired) electrons. The molecule has 0 aliphatic rings. The standard InChI is InChI=1S/C29H35N3O5S/c1-5-27(29(34)30-22(2)3)31(20-23-12-8-6-9-13-23)28(33)21-32(38(4,35)36)24-16-18-26(19-17-24)37-25-14-10-7-11-15-25/h6-19,22,27H,5,20-21H2,1-4H3,(H,30,34). The topological polar surface area (TPSA) is 96.0 Å². The van der Waals surface area contributed by atoms with Crippen molar-refractivity contribution in [2.75, 3.05) is 17.1 Å². The van der Waals surface area contributed by atoms with E-state index in [1.165, 1.54) is 4.90 Å². The van der Waals surface area contributed by atoms with Crippen molar-refractivity contribution >= 4 is 27.5 Å². The molecular formula is C29H35N3O5S. The average molecular weight is 538 g/mol. The van der Waals surface area contributed by atoms with Crippen LogP contribution in [0.1, 0.15) is 32.8 Å². The number of benzene rings is 3. The lowest BCUT2D eigenvalue weighted by molar-refractivity contribution is -0.140. The lowest BCUT2D eigenvalue weighted by Crippen LogP contribution is -2.53. The molecule has 9 heteroatoms. The number of hydrogen-bond acceptors (Lipinski definition) is 5. The first-order valence-corrected chi connectivity index (χ1v) is 14.4. The summed E-state index contributed by atoms with van der Waals surface area (Å²) in [7, 11) is -3.82. The summed E-state index contributed by atoms with van der Waals surface area (Å²) < 4.78 is 32.4. The molecule has 0 heterocycles. The number of hydrogen-bond donors (Lipinski definition) is 1. The van der Waals surface area contributed by atoms with Crippen molar-refractivity contribution in [2.24, 2.45) is 0 Å². The summed E-state index contributed by atoms with van der Waals surface area (Å²) in [4.78, 5) is 28.2. The van der Waals surface area contributed by atoms with E-state index in [1.807, 2.05) is 81.4 Å².